The summed E-state index contributed by atoms with van der Waals surface area (Å²) in [4.78, 5) is 11.3. The average molecular weight is 287 g/mol. The molecule has 0 spiro atoms. The Labute approximate surface area is 116 Å². The van der Waals surface area contributed by atoms with Crippen molar-refractivity contribution in [3.8, 4) is 0 Å². The Morgan fingerprint density at radius 1 is 1.20 bits per heavy atom. The number of hydrogen-bond donors (Lipinski definition) is 2. The number of anilines is 1. The minimum atomic E-state index is -1.28. The third kappa shape index (κ3) is 3.07. The molecule has 0 unspecified atom stereocenters. The Morgan fingerprint density at radius 3 is 2.20 bits per heavy atom. The van der Waals surface area contributed by atoms with Gasteiger partial charge in [0.15, 0.2) is 11.6 Å². The largest absolute Gasteiger partial charge is 0.465 e. The number of hydrogen-bond acceptors (Lipinski definition) is 4. The number of carbonyl (C=O) groups is 1. The fraction of sp³-hybridized carbons (Fsp3) is 0.500. The van der Waals surface area contributed by atoms with Crippen LogP contribution in [0.15, 0.2) is 12.1 Å². The van der Waals surface area contributed by atoms with E-state index in [1.54, 1.807) is 27.7 Å². The predicted molar refractivity (Wildman–Crippen MR) is 71.7 cm³/mol. The molecule has 0 saturated heterocycles. The van der Waals surface area contributed by atoms with Crippen LogP contribution in [-0.2, 0) is 4.74 Å². The summed E-state index contributed by atoms with van der Waals surface area (Å²) in [5, 5.41) is 12.7. The van der Waals surface area contributed by atoms with E-state index in [1.807, 2.05) is 0 Å². The van der Waals surface area contributed by atoms with Crippen molar-refractivity contribution in [1.29, 1.82) is 0 Å². The molecule has 6 heteroatoms. The highest BCUT2D eigenvalue weighted by atomic mass is 19.2. The molecule has 0 bridgehead atoms. The molecule has 1 rings (SSSR count). The smallest absolute Gasteiger partial charge is 0.340 e. The van der Waals surface area contributed by atoms with E-state index in [4.69, 9.17) is 0 Å². The Bertz CT molecular complexity index is 522. The Kier molecular flexibility index (Phi) is 4.39. The van der Waals surface area contributed by atoms with Gasteiger partial charge in [-0.15, -0.1) is 0 Å². The molecule has 1 aromatic rings. The number of ether oxygens (including phenoxy) is 1. The molecule has 20 heavy (non-hydrogen) atoms. The summed E-state index contributed by atoms with van der Waals surface area (Å²) in [6.07, 6.45) is 0. The molecule has 112 valence electrons. The SMILES string of the molecule is COC(=O)c1ccc(NC(C)(C)C(C)(C)O)c(F)c1F. The van der Waals surface area contributed by atoms with Gasteiger partial charge in [0, 0.05) is 0 Å². The van der Waals surface area contributed by atoms with Crippen molar-refractivity contribution in [2.45, 2.75) is 38.8 Å². The van der Waals surface area contributed by atoms with E-state index in [2.05, 4.69) is 10.1 Å². The zero-order valence-electron chi connectivity index (χ0n) is 12.2. The van der Waals surface area contributed by atoms with Crippen molar-refractivity contribution in [1.82, 2.24) is 0 Å². The van der Waals surface area contributed by atoms with Crippen LogP contribution in [0.3, 0.4) is 0 Å². The summed E-state index contributed by atoms with van der Waals surface area (Å²) in [5.74, 6) is -3.42. The summed E-state index contributed by atoms with van der Waals surface area (Å²) in [7, 11) is 1.09. The van der Waals surface area contributed by atoms with Gasteiger partial charge < -0.3 is 15.2 Å². The van der Waals surface area contributed by atoms with E-state index < -0.39 is 34.3 Å². The second kappa shape index (κ2) is 5.36. The van der Waals surface area contributed by atoms with Gasteiger partial charge in [0.2, 0.25) is 0 Å². The Hall–Kier alpha value is -1.69. The van der Waals surface area contributed by atoms with Crippen LogP contribution >= 0.6 is 0 Å². The summed E-state index contributed by atoms with van der Waals surface area (Å²) < 4.78 is 32.1. The second-order valence-electron chi connectivity index (χ2n) is 5.59. The highest BCUT2D eigenvalue weighted by molar-refractivity contribution is 5.90. The van der Waals surface area contributed by atoms with Crippen molar-refractivity contribution in [3.63, 3.8) is 0 Å². The quantitative estimate of drug-likeness (QED) is 0.836. The number of carbonyl (C=O) groups excluding carboxylic acids is 1. The molecule has 0 saturated carbocycles. The first kappa shape index (κ1) is 16.4. The van der Waals surface area contributed by atoms with E-state index in [9.17, 15) is 18.7 Å². The number of nitrogens with one attached hydrogen (secondary N) is 1. The molecular weight excluding hydrogens is 268 g/mol. The zero-order valence-corrected chi connectivity index (χ0v) is 12.2. The summed E-state index contributed by atoms with van der Waals surface area (Å²) in [5.41, 5.74) is -2.69. The predicted octanol–water partition coefficient (Wildman–Crippen LogP) is 2.71. The van der Waals surface area contributed by atoms with Crippen molar-refractivity contribution in [3.05, 3.63) is 29.3 Å². The van der Waals surface area contributed by atoms with Crippen molar-refractivity contribution in [2.75, 3.05) is 12.4 Å². The monoisotopic (exact) mass is 287 g/mol. The lowest BCUT2D eigenvalue weighted by Crippen LogP contribution is -2.51. The number of benzene rings is 1. The molecule has 0 amide bonds. The van der Waals surface area contributed by atoms with Crippen molar-refractivity contribution in [2.24, 2.45) is 0 Å². The standard InChI is InChI=1S/C14H19F2NO3/c1-13(2,14(3,4)19)17-9-7-6-8(12(18)20-5)10(15)11(9)16/h6-7,17,19H,1-5H3. The summed E-state index contributed by atoms with van der Waals surface area (Å²) in [6.45, 7) is 6.41. The molecule has 0 aliphatic heterocycles. The van der Waals surface area contributed by atoms with E-state index in [0.29, 0.717) is 0 Å². The molecule has 0 aliphatic carbocycles. The highest BCUT2D eigenvalue weighted by Crippen LogP contribution is 2.29. The van der Waals surface area contributed by atoms with Crippen LogP contribution in [0.2, 0.25) is 0 Å². The lowest BCUT2D eigenvalue weighted by atomic mass is 9.85. The van der Waals surface area contributed by atoms with Crippen LogP contribution < -0.4 is 5.32 Å². The summed E-state index contributed by atoms with van der Waals surface area (Å²) >= 11 is 0. The maximum atomic E-state index is 14.0. The normalized spacial score (nSPS) is 12.2. The number of halogens is 2. The van der Waals surface area contributed by atoms with Gasteiger partial charge in [0.25, 0.3) is 0 Å². The van der Waals surface area contributed by atoms with Gasteiger partial charge in [-0.3, -0.25) is 0 Å². The number of rotatable bonds is 4. The fourth-order valence-electron chi connectivity index (χ4n) is 1.40. The highest BCUT2D eigenvalue weighted by Gasteiger charge is 2.36. The van der Waals surface area contributed by atoms with Crippen LogP contribution in [0.25, 0.3) is 0 Å². The molecule has 4 nitrogen and oxygen atoms in total. The average Bonchev–Trinajstić information content (AvgIpc) is 2.33. The van der Waals surface area contributed by atoms with Gasteiger partial charge in [-0.1, -0.05) is 0 Å². The van der Waals surface area contributed by atoms with E-state index >= 15 is 0 Å². The molecular formula is C14H19F2NO3. The summed E-state index contributed by atoms with van der Waals surface area (Å²) in [6, 6.07) is 2.37. The molecule has 0 aliphatic rings. The minimum absolute atomic E-state index is 0.137. The minimum Gasteiger partial charge on any atom is -0.465 e. The van der Waals surface area contributed by atoms with Gasteiger partial charge in [0.1, 0.15) is 0 Å². The Morgan fingerprint density at radius 2 is 1.75 bits per heavy atom. The van der Waals surface area contributed by atoms with Crippen molar-refractivity contribution < 1.29 is 23.4 Å². The molecule has 1 aromatic carbocycles. The molecule has 2 N–H and O–H groups in total. The van der Waals surface area contributed by atoms with Crippen LogP contribution in [0.4, 0.5) is 14.5 Å². The number of aliphatic hydroxyl groups is 1. The van der Waals surface area contributed by atoms with Crippen LogP contribution in [0, 0.1) is 11.6 Å². The lowest BCUT2D eigenvalue weighted by molar-refractivity contribution is 0.0238. The second-order valence-corrected chi connectivity index (χ2v) is 5.59. The van der Waals surface area contributed by atoms with Crippen LogP contribution in [-0.4, -0.2) is 29.3 Å². The van der Waals surface area contributed by atoms with E-state index in [0.717, 1.165) is 13.2 Å². The third-order valence-electron chi connectivity index (χ3n) is 3.46. The molecule has 0 radical (unpaired) electrons. The maximum Gasteiger partial charge on any atom is 0.340 e. The van der Waals surface area contributed by atoms with Crippen LogP contribution in [0.1, 0.15) is 38.1 Å². The van der Waals surface area contributed by atoms with Gasteiger partial charge in [-0.2, -0.15) is 0 Å². The van der Waals surface area contributed by atoms with Gasteiger partial charge in [-0.05, 0) is 39.8 Å². The third-order valence-corrected chi connectivity index (χ3v) is 3.46. The zero-order chi connectivity index (χ0) is 15.7. The lowest BCUT2D eigenvalue weighted by Gasteiger charge is -2.39. The molecule has 0 heterocycles. The van der Waals surface area contributed by atoms with E-state index in [-0.39, 0.29) is 5.69 Å². The molecule has 0 atom stereocenters. The Balaban J connectivity index is 3.18. The first-order valence-corrected chi connectivity index (χ1v) is 6.08. The van der Waals surface area contributed by atoms with Gasteiger partial charge >= 0.3 is 5.97 Å². The van der Waals surface area contributed by atoms with Crippen molar-refractivity contribution >= 4 is 11.7 Å². The number of methoxy groups -OCH3 is 1. The fourth-order valence-corrected chi connectivity index (χ4v) is 1.40. The maximum absolute atomic E-state index is 14.0. The first-order chi connectivity index (χ1) is 9.01. The molecule has 0 aromatic heterocycles. The van der Waals surface area contributed by atoms with Crippen LogP contribution in [0.5, 0.6) is 0 Å². The van der Waals surface area contributed by atoms with E-state index in [1.165, 1.54) is 6.07 Å². The van der Waals surface area contributed by atoms with Gasteiger partial charge in [-0.25, -0.2) is 13.6 Å². The van der Waals surface area contributed by atoms with Gasteiger partial charge in [0.05, 0.1) is 29.5 Å². The number of esters is 1. The first-order valence-electron chi connectivity index (χ1n) is 6.08. The molecule has 0 fully saturated rings. The topological polar surface area (TPSA) is 58.6 Å².